The highest BCUT2D eigenvalue weighted by molar-refractivity contribution is 5.15. The summed E-state index contributed by atoms with van der Waals surface area (Å²) in [5.41, 5.74) is 3.13. The maximum atomic E-state index is 10.7. The maximum absolute atomic E-state index is 10.7. The van der Waals surface area contributed by atoms with Crippen LogP contribution in [0.4, 0.5) is 0 Å². The van der Waals surface area contributed by atoms with Crippen LogP contribution in [-0.4, -0.2) is 35.8 Å². The molecular weight excluding hydrogens is 404 g/mol. The van der Waals surface area contributed by atoms with E-state index in [4.69, 9.17) is 18.9 Å². The number of hydrogen-bond donors (Lipinski definition) is 1. The Morgan fingerprint density at radius 1 is 0.594 bits per heavy atom. The predicted octanol–water partition coefficient (Wildman–Crippen LogP) is 4.48. The smallest absolute Gasteiger partial charge is 0.184 e. The maximum Gasteiger partial charge on any atom is 0.184 e. The zero-order chi connectivity index (χ0) is 22.2. The normalized spacial score (nSPS) is 25.5. The monoisotopic (exact) mass is 434 g/mol. The van der Waals surface area contributed by atoms with Crippen molar-refractivity contribution in [3.05, 3.63) is 108 Å². The van der Waals surface area contributed by atoms with E-state index >= 15 is 0 Å². The van der Waals surface area contributed by atoms with E-state index in [2.05, 4.69) is 0 Å². The molecule has 5 heteroatoms. The van der Waals surface area contributed by atoms with Crippen molar-refractivity contribution in [3.8, 4) is 0 Å². The molecule has 1 saturated heterocycles. The van der Waals surface area contributed by atoms with Gasteiger partial charge in [-0.2, -0.15) is 0 Å². The highest BCUT2D eigenvalue weighted by atomic mass is 16.7. The first kappa shape index (κ1) is 22.6. The third kappa shape index (κ3) is 6.03. The van der Waals surface area contributed by atoms with Crippen molar-refractivity contribution >= 4 is 0 Å². The highest BCUT2D eigenvalue weighted by Gasteiger charge is 2.46. The van der Waals surface area contributed by atoms with Crippen LogP contribution in [0.5, 0.6) is 0 Å². The summed E-state index contributed by atoms with van der Waals surface area (Å²) < 4.78 is 24.5. The molecule has 1 aliphatic rings. The highest BCUT2D eigenvalue weighted by Crippen LogP contribution is 2.29. The van der Waals surface area contributed by atoms with E-state index in [-0.39, 0.29) is 6.10 Å². The van der Waals surface area contributed by atoms with Crippen LogP contribution >= 0.6 is 0 Å². The van der Waals surface area contributed by atoms with Gasteiger partial charge < -0.3 is 24.1 Å². The quantitative estimate of drug-likeness (QED) is 0.538. The lowest BCUT2D eigenvalue weighted by Crippen LogP contribution is -2.59. The van der Waals surface area contributed by atoms with E-state index in [0.717, 1.165) is 16.7 Å². The lowest BCUT2D eigenvalue weighted by molar-refractivity contribution is -0.308. The summed E-state index contributed by atoms with van der Waals surface area (Å²) in [6.07, 6.45) is -3.04. The second-order valence-electron chi connectivity index (χ2n) is 8.02. The van der Waals surface area contributed by atoms with Gasteiger partial charge in [0.1, 0.15) is 18.3 Å². The van der Waals surface area contributed by atoms with Gasteiger partial charge in [-0.05, 0) is 23.6 Å². The van der Waals surface area contributed by atoms with Crippen LogP contribution in [0.2, 0.25) is 0 Å². The van der Waals surface area contributed by atoms with Crippen LogP contribution < -0.4 is 0 Å². The molecule has 168 valence electrons. The van der Waals surface area contributed by atoms with Crippen molar-refractivity contribution < 1.29 is 24.1 Å². The lowest BCUT2D eigenvalue weighted by Gasteiger charge is -2.43. The first-order chi connectivity index (χ1) is 15.7. The standard InChI is InChI=1S/C27H30O5/c1-20-24(29-17-21-11-5-2-6-12-21)25(30-18-22-13-7-3-8-14-22)26(27(28)32-20)31-19-23-15-9-4-10-16-23/h2-16,20,24-28H,17-19H2,1H3/t20?,24-,25-,26?,27?/m0/s1. The number of aliphatic hydroxyl groups is 1. The number of ether oxygens (including phenoxy) is 4. The van der Waals surface area contributed by atoms with Gasteiger partial charge in [-0.25, -0.2) is 0 Å². The molecule has 0 amide bonds. The molecule has 0 spiro atoms. The minimum Gasteiger partial charge on any atom is -0.368 e. The fourth-order valence-electron chi connectivity index (χ4n) is 3.89. The van der Waals surface area contributed by atoms with E-state index in [1.54, 1.807) is 0 Å². The van der Waals surface area contributed by atoms with E-state index in [0.29, 0.717) is 19.8 Å². The van der Waals surface area contributed by atoms with Gasteiger partial charge in [0.25, 0.3) is 0 Å². The predicted molar refractivity (Wildman–Crippen MR) is 122 cm³/mol. The molecule has 1 fully saturated rings. The number of aliphatic hydroxyl groups excluding tert-OH is 1. The molecule has 3 aromatic rings. The largest absolute Gasteiger partial charge is 0.368 e. The Balaban J connectivity index is 1.50. The molecule has 3 unspecified atom stereocenters. The van der Waals surface area contributed by atoms with Crippen LogP contribution in [0, 0.1) is 0 Å². The van der Waals surface area contributed by atoms with Crippen LogP contribution in [0.25, 0.3) is 0 Å². The molecule has 3 aromatic carbocycles. The van der Waals surface area contributed by atoms with Crippen molar-refractivity contribution in [2.45, 2.75) is 57.5 Å². The van der Waals surface area contributed by atoms with Crippen LogP contribution in [0.3, 0.4) is 0 Å². The van der Waals surface area contributed by atoms with Gasteiger partial charge in [0.2, 0.25) is 0 Å². The minimum atomic E-state index is -1.11. The van der Waals surface area contributed by atoms with Gasteiger partial charge in [0.15, 0.2) is 6.29 Å². The zero-order valence-corrected chi connectivity index (χ0v) is 18.2. The van der Waals surface area contributed by atoms with Gasteiger partial charge in [0.05, 0.1) is 25.9 Å². The fourth-order valence-corrected chi connectivity index (χ4v) is 3.89. The second-order valence-corrected chi connectivity index (χ2v) is 8.02. The Labute approximate surface area is 189 Å². The van der Waals surface area contributed by atoms with Crippen molar-refractivity contribution in [2.24, 2.45) is 0 Å². The minimum absolute atomic E-state index is 0.344. The van der Waals surface area contributed by atoms with Crippen molar-refractivity contribution in [1.29, 1.82) is 0 Å². The van der Waals surface area contributed by atoms with E-state index in [1.165, 1.54) is 0 Å². The first-order valence-electron chi connectivity index (χ1n) is 11.0. The third-order valence-corrected chi connectivity index (χ3v) is 5.60. The molecule has 1 N–H and O–H groups in total. The molecule has 0 saturated carbocycles. The molecule has 1 heterocycles. The van der Waals surface area contributed by atoms with Crippen LogP contribution in [0.1, 0.15) is 23.6 Å². The topological polar surface area (TPSA) is 57.2 Å². The summed E-state index contributed by atoms with van der Waals surface area (Å²) in [6, 6.07) is 29.8. The molecular formula is C27H30O5. The van der Waals surface area contributed by atoms with Crippen LogP contribution in [0.15, 0.2) is 91.0 Å². The van der Waals surface area contributed by atoms with Gasteiger partial charge >= 0.3 is 0 Å². The van der Waals surface area contributed by atoms with E-state index < -0.39 is 24.6 Å². The molecule has 0 bridgehead atoms. The molecule has 0 aromatic heterocycles. The van der Waals surface area contributed by atoms with Gasteiger partial charge in [-0.15, -0.1) is 0 Å². The molecule has 5 atom stereocenters. The Morgan fingerprint density at radius 3 is 1.41 bits per heavy atom. The average Bonchev–Trinajstić information content (AvgIpc) is 2.83. The third-order valence-electron chi connectivity index (χ3n) is 5.60. The Morgan fingerprint density at radius 2 is 0.969 bits per heavy atom. The molecule has 4 rings (SSSR count). The fraction of sp³-hybridized carbons (Fsp3) is 0.333. The van der Waals surface area contributed by atoms with Gasteiger partial charge in [0, 0.05) is 0 Å². The lowest BCUT2D eigenvalue weighted by atomic mass is 9.98. The summed E-state index contributed by atoms with van der Waals surface area (Å²) in [7, 11) is 0. The van der Waals surface area contributed by atoms with Crippen molar-refractivity contribution in [1.82, 2.24) is 0 Å². The summed E-state index contributed by atoms with van der Waals surface area (Å²) in [5.74, 6) is 0. The van der Waals surface area contributed by atoms with Crippen molar-refractivity contribution in [3.63, 3.8) is 0 Å². The summed E-state index contributed by atoms with van der Waals surface area (Å²) in [5, 5.41) is 10.7. The molecule has 0 aliphatic carbocycles. The summed E-state index contributed by atoms with van der Waals surface area (Å²) in [6.45, 7) is 3.05. The molecule has 32 heavy (non-hydrogen) atoms. The van der Waals surface area contributed by atoms with Crippen molar-refractivity contribution in [2.75, 3.05) is 0 Å². The number of rotatable bonds is 9. The first-order valence-corrected chi connectivity index (χ1v) is 11.0. The molecule has 1 aliphatic heterocycles. The Bertz CT molecular complexity index is 863. The Kier molecular flexibility index (Phi) is 8.04. The molecule has 0 radical (unpaired) electrons. The van der Waals surface area contributed by atoms with E-state index in [9.17, 15) is 5.11 Å². The summed E-state index contributed by atoms with van der Waals surface area (Å²) in [4.78, 5) is 0. The zero-order valence-electron chi connectivity index (χ0n) is 18.2. The van der Waals surface area contributed by atoms with E-state index in [1.807, 2.05) is 97.9 Å². The Hall–Kier alpha value is -2.54. The average molecular weight is 435 g/mol. The second kappa shape index (κ2) is 11.4. The van der Waals surface area contributed by atoms with Crippen LogP contribution in [-0.2, 0) is 38.8 Å². The van der Waals surface area contributed by atoms with Gasteiger partial charge in [-0.1, -0.05) is 91.0 Å². The molecule has 5 nitrogen and oxygen atoms in total. The summed E-state index contributed by atoms with van der Waals surface area (Å²) >= 11 is 0. The SMILES string of the molecule is CC1OC(O)C(OCc2ccccc2)[C@@H](OCc2ccccc2)[C@H]1OCc1ccccc1. The van der Waals surface area contributed by atoms with Gasteiger partial charge in [-0.3, -0.25) is 0 Å². The number of benzene rings is 3. The number of hydrogen-bond acceptors (Lipinski definition) is 5.